The van der Waals surface area contributed by atoms with Crippen LogP contribution >= 0.6 is 0 Å². The van der Waals surface area contributed by atoms with Crippen molar-refractivity contribution in [3.05, 3.63) is 23.8 Å². The fourth-order valence-electron chi connectivity index (χ4n) is 2.96. The molecule has 1 fully saturated rings. The minimum atomic E-state index is -0.219. The zero-order valence-electron chi connectivity index (χ0n) is 15.2. The van der Waals surface area contributed by atoms with Crippen molar-refractivity contribution in [1.82, 2.24) is 25.0 Å². The molecule has 0 saturated carbocycles. The number of amides is 1. The molecular formula is C17H25N5O3. The van der Waals surface area contributed by atoms with E-state index in [0.717, 1.165) is 31.9 Å². The molecule has 1 N–H and O–H groups in total. The predicted molar refractivity (Wildman–Crippen MR) is 92.2 cm³/mol. The first kappa shape index (κ1) is 17.6. The third-order valence-corrected chi connectivity index (χ3v) is 4.67. The molecule has 1 saturated heterocycles. The minimum Gasteiger partial charge on any atom is -0.440 e. The second kappa shape index (κ2) is 7.37. The number of nitrogens with zero attached hydrogens (tertiary/aromatic N) is 4. The third kappa shape index (κ3) is 3.91. The number of hydrogen-bond donors (Lipinski definition) is 1. The van der Waals surface area contributed by atoms with E-state index in [2.05, 4.69) is 27.2 Å². The van der Waals surface area contributed by atoms with Gasteiger partial charge in [-0.05, 0) is 20.8 Å². The van der Waals surface area contributed by atoms with Gasteiger partial charge in [-0.3, -0.25) is 14.4 Å². The molecule has 0 radical (unpaired) electrons. The number of carbonyl (C=O) groups excluding carboxylic acids is 1. The van der Waals surface area contributed by atoms with Gasteiger partial charge >= 0.3 is 0 Å². The molecule has 1 aliphatic rings. The summed E-state index contributed by atoms with van der Waals surface area (Å²) in [5, 5.41) is 7.14. The predicted octanol–water partition coefficient (Wildman–Crippen LogP) is 1.22. The number of ether oxygens (including phenoxy) is 1. The zero-order valence-corrected chi connectivity index (χ0v) is 15.2. The molecule has 8 nitrogen and oxygen atoms in total. The number of morpholine rings is 1. The third-order valence-electron chi connectivity index (χ3n) is 4.67. The van der Waals surface area contributed by atoms with Crippen LogP contribution in [0.4, 0.5) is 0 Å². The summed E-state index contributed by atoms with van der Waals surface area (Å²) >= 11 is 0. The molecule has 2 aromatic heterocycles. The van der Waals surface area contributed by atoms with Crippen molar-refractivity contribution in [2.45, 2.75) is 32.9 Å². The Morgan fingerprint density at radius 3 is 2.68 bits per heavy atom. The van der Waals surface area contributed by atoms with Gasteiger partial charge in [-0.1, -0.05) is 0 Å². The van der Waals surface area contributed by atoms with Crippen LogP contribution in [-0.4, -0.2) is 64.0 Å². The van der Waals surface area contributed by atoms with E-state index < -0.39 is 0 Å². The van der Waals surface area contributed by atoms with Gasteiger partial charge in [-0.25, -0.2) is 4.98 Å². The van der Waals surface area contributed by atoms with E-state index in [4.69, 9.17) is 9.15 Å². The molecule has 1 aliphatic heterocycles. The molecule has 3 heterocycles. The van der Waals surface area contributed by atoms with Gasteiger partial charge in [0.1, 0.15) is 5.76 Å². The SMILES string of the molecule is Cc1oc(-c2cnn(C)c2)nc1C(=O)NC(C)C(C)N1CCOCC1. The maximum absolute atomic E-state index is 12.6. The van der Waals surface area contributed by atoms with E-state index >= 15 is 0 Å². The molecule has 0 spiro atoms. The number of oxazole rings is 1. The Bertz CT molecular complexity index is 732. The van der Waals surface area contributed by atoms with Gasteiger partial charge in [-0.2, -0.15) is 5.10 Å². The van der Waals surface area contributed by atoms with E-state index in [0.29, 0.717) is 17.3 Å². The summed E-state index contributed by atoms with van der Waals surface area (Å²) in [5.41, 5.74) is 1.07. The molecule has 0 aliphatic carbocycles. The minimum absolute atomic E-state index is 0.0106. The van der Waals surface area contributed by atoms with Crippen molar-refractivity contribution >= 4 is 5.91 Å². The number of rotatable bonds is 5. The molecular weight excluding hydrogens is 322 g/mol. The quantitative estimate of drug-likeness (QED) is 0.875. The summed E-state index contributed by atoms with van der Waals surface area (Å²) in [6, 6.07) is 0.210. The van der Waals surface area contributed by atoms with E-state index in [9.17, 15) is 4.79 Å². The topological polar surface area (TPSA) is 85.4 Å². The first-order valence-electron chi connectivity index (χ1n) is 8.55. The van der Waals surface area contributed by atoms with Crippen LogP contribution in [-0.2, 0) is 11.8 Å². The number of aryl methyl sites for hydroxylation is 2. The number of aromatic nitrogens is 3. The lowest BCUT2D eigenvalue weighted by atomic mass is 10.1. The molecule has 1 amide bonds. The number of carbonyl (C=O) groups is 1. The highest BCUT2D eigenvalue weighted by molar-refractivity contribution is 5.93. The first-order chi connectivity index (χ1) is 12.0. The molecule has 2 aromatic rings. The number of nitrogens with one attached hydrogen (secondary N) is 1. The van der Waals surface area contributed by atoms with Crippen molar-refractivity contribution in [2.75, 3.05) is 26.3 Å². The van der Waals surface area contributed by atoms with Crippen molar-refractivity contribution in [1.29, 1.82) is 0 Å². The first-order valence-corrected chi connectivity index (χ1v) is 8.55. The standard InChI is InChI=1S/C17H25N5O3/c1-11(12(2)22-5-7-24-8-6-22)19-16(23)15-13(3)25-17(20-15)14-9-18-21(4)10-14/h9-12H,5-8H2,1-4H3,(H,19,23). The summed E-state index contributed by atoms with van der Waals surface area (Å²) in [7, 11) is 1.82. The summed E-state index contributed by atoms with van der Waals surface area (Å²) < 4.78 is 12.7. The average molecular weight is 347 g/mol. The van der Waals surface area contributed by atoms with Crippen molar-refractivity contribution < 1.29 is 13.9 Å². The molecule has 0 aromatic carbocycles. The van der Waals surface area contributed by atoms with E-state index in [1.165, 1.54) is 0 Å². The van der Waals surface area contributed by atoms with Crippen LogP contribution in [0.25, 0.3) is 11.5 Å². The molecule has 8 heteroatoms. The van der Waals surface area contributed by atoms with Crippen molar-refractivity contribution in [2.24, 2.45) is 7.05 Å². The van der Waals surface area contributed by atoms with Gasteiger partial charge in [-0.15, -0.1) is 0 Å². The Hall–Kier alpha value is -2.19. The van der Waals surface area contributed by atoms with Gasteiger partial charge in [0.2, 0.25) is 5.89 Å². The zero-order chi connectivity index (χ0) is 18.0. The van der Waals surface area contributed by atoms with Crippen LogP contribution in [0.1, 0.15) is 30.1 Å². The Morgan fingerprint density at radius 1 is 1.32 bits per heavy atom. The van der Waals surface area contributed by atoms with Crippen molar-refractivity contribution in [3.8, 4) is 11.5 Å². The van der Waals surface area contributed by atoms with Crippen LogP contribution < -0.4 is 5.32 Å². The normalized spacial score (nSPS) is 18.1. The van der Waals surface area contributed by atoms with Gasteiger partial charge in [0, 0.05) is 38.4 Å². The average Bonchev–Trinajstić information content (AvgIpc) is 3.20. The summed E-state index contributed by atoms with van der Waals surface area (Å²) in [4.78, 5) is 19.3. The monoisotopic (exact) mass is 347 g/mol. The van der Waals surface area contributed by atoms with Gasteiger partial charge in [0.05, 0.1) is 25.0 Å². The van der Waals surface area contributed by atoms with E-state index in [1.54, 1.807) is 24.0 Å². The highest BCUT2D eigenvalue weighted by Crippen LogP contribution is 2.21. The lowest BCUT2D eigenvalue weighted by Crippen LogP contribution is -2.52. The number of hydrogen-bond acceptors (Lipinski definition) is 6. The molecule has 2 atom stereocenters. The lowest BCUT2D eigenvalue weighted by Gasteiger charge is -2.35. The van der Waals surface area contributed by atoms with Crippen LogP contribution in [0.3, 0.4) is 0 Å². The molecule has 0 bridgehead atoms. The second-order valence-electron chi connectivity index (χ2n) is 6.48. The van der Waals surface area contributed by atoms with Crippen LogP contribution in [0.15, 0.2) is 16.8 Å². The van der Waals surface area contributed by atoms with Gasteiger partial charge in [0.25, 0.3) is 5.91 Å². The van der Waals surface area contributed by atoms with Crippen LogP contribution in [0, 0.1) is 6.92 Å². The summed E-state index contributed by atoms with van der Waals surface area (Å²) in [6.07, 6.45) is 3.46. The van der Waals surface area contributed by atoms with Crippen LogP contribution in [0.2, 0.25) is 0 Å². The summed E-state index contributed by atoms with van der Waals surface area (Å²) in [5.74, 6) is 0.691. The fourth-order valence-corrected chi connectivity index (χ4v) is 2.96. The summed E-state index contributed by atoms with van der Waals surface area (Å²) in [6.45, 7) is 9.12. The fraction of sp³-hybridized carbons (Fsp3) is 0.588. The maximum atomic E-state index is 12.6. The molecule has 3 rings (SSSR count). The van der Waals surface area contributed by atoms with E-state index in [1.807, 2.05) is 14.0 Å². The maximum Gasteiger partial charge on any atom is 0.273 e. The van der Waals surface area contributed by atoms with Crippen molar-refractivity contribution in [3.63, 3.8) is 0 Å². The molecule has 25 heavy (non-hydrogen) atoms. The highest BCUT2D eigenvalue weighted by atomic mass is 16.5. The van der Waals surface area contributed by atoms with Gasteiger partial charge in [0.15, 0.2) is 5.69 Å². The largest absolute Gasteiger partial charge is 0.440 e. The van der Waals surface area contributed by atoms with E-state index in [-0.39, 0.29) is 18.0 Å². The molecule has 2 unspecified atom stereocenters. The smallest absolute Gasteiger partial charge is 0.273 e. The Morgan fingerprint density at radius 2 is 2.04 bits per heavy atom. The Labute approximate surface area is 147 Å². The lowest BCUT2D eigenvalue weighted by molar-refractivity contribution is 0.0137. The van der Waals surface area contributed by atoms with Crippen LogP contribution in [0.5, 0.6) is 0 Å². The Kier molecular flexibility index (Phi) is 5.19. The Balaban J connectivity index is 1.67. The molecule has 136 valence electrons. The van der Waals surface area contributed by atoms with Gasteiger partial charge < -0.3 is 14.5 Å². The second-order valence-corrected chi connectivity index (χ2v) is 6.48. The highest BCUT2D eigenvalue weighted by Gasteiger charge is 2.26.